The molecule has 2 aromatic carbocycles. The molecular formula is C22H23ClN4O. The van der Waals surface area contributed by atoms with Crippen molar-refractivity contribution in [3.63, 3.8) is 0 Å². The molecule has 144 valence electrons. The van der Waals surface area contributed by atoms with Gasteiger partial charge in [-0.25, -0.2) is 9.97 Å². The average Bonchev–Trinajstić information content (AvgIpc) is 2.66. The number of carbonyl (C=O) groups is 1. The second-order valence-corrected chi connectivity index (χ2v) is 7.16. The lowest BCUT2D eigenvalue weighted by Gasteiger charge is -2.12. The van der Waals surface area contributed by atoms with Crippen LogP contribution in [0.4, 0.5) is 11.6 Å². The predicted octanol–water partition coefficient (Wildman–Crippen LogP) is 4.77. The fourth-order valence-electron chi connectivity index (χ4n) is 2.81. The van der Waals surface area contributed by atoms with Crippen molar-refractivity contribution in [2.45, 2.75) is 27.2 Å². The molecule has 3 aromatic rings. The molecule has 0 saturated carbocycles. The molecule has 0 unspecified atom stereocenters. The molecule has 0 aliphatic rings. The largest absolute Gasteiger partial charge is 0.350 e. The molecule has 1 heterocycles. The van der Waals surface area contributed by atoms with E-state index in [9.17, 15) is 4.79 Å². The van der Waals surface area contributed by atoms with Crippen LogP contribution >= 0.6 is 11.6 Å². The summed E-state index contributed by atoms with van der Waals surface area (Å²) in [4.78, 5) is 21.3. The molecule has 0 saturated heterocycles. The summed E-state index contributed by atoms with van der Waals surface area (Å²) >= 11 is 5.89. The van der Waals surface area contributed by atoms with Gasteiger partial charge in [0, 0.05) is 22.9 Å². The Balaban J connectivity index is 1.67. The van der Waals surface area contributed by atoms with Crippen LogP contribution in [0.2, 0.25) is 5.02 Å². The summed E-state index contributed by atoms with van der Waals surface area (Å²) in [6, 6.07) is 15.3. The summed E-state index contributed by atoms with van der Waals surface area (Å²) in [6.45, 7) is 6.46. The van der Waals surface area contributed by atoms with Crippen molar-refractivity contribution in [1.82, 2.24) is 15.3 Å². The number of rotatable bonds is 6. The number of nitrogens with zero attached hydrogens (tertiary/aromatic N) is 2. The molecule has 6 heteroatoms. The van der Waals surface area contributed by atoms with Crippen molar-refractivity contribution < 1.29 is 4.79 Å². The Bertz CT molecular complexity index is 986. The summed E-state index contributed by atoms with van der Waals surface area (Å²) in [6.07, 6.45) is 0.723. The molecule has 28 heavy (non-hydrogen) atoms. The summed E-state index contributed by atoms with van der Waals surface area (Å²) in [5.41, 5.74) is 5.42. The molecule has 0 bridgehead atoms. The van der Waals surface area contributed by atoms with Gasteiger partial charge in [-0.15, -0.1) is 0 Å². The molecule has 2 N–H and O–H groups in total. The van der Waals surface area contributed by atoms with E-state index in [0.717, 1.165) is 28.9 Å². The van der Waals surface area contributed by atoms with Gasteiger partial charge in [-0.1, -0.05) is 35.9 Å². The highest BCUT2D eigenvalue weighted by molar-refractivity contribution is 6.30. The van der Waals surface area contributed by atoms with Crippen LogP contribution in [0.1, 0.15) is 32.9 Å². The normalized spacial score (nSPS) is 10.6. The van der Waals surface area contributed by atoms with Gasteiger partial charge >= 0.3 is 0 Å². The Morgan fingerprint density at radius 3 is 2.54 bits per heavy atom. The summed E-state index contributed by atoms with van der Waals surface area (Å²) < 4.78 is 0. The van der Waals surface area contributed by atoms with Crippen LogP contribution in [-0.2, 0) is 6.42 Å². The molecule has 5 nitrogen and oxygen atoms in total. The lowest BCUT2D eigenvalue weighted by Crippen LogP contribution is -2.27. The maximum Gasteiger partial charge on any atom is 0.270 e. The van der Waals surface area contributed by atoms with E-state index in [1.165, 1.54) is 5.56 Å². The SMILES string of the molecule is Cc1cc(C(=O)NCCc2ccc(Cl)cc2)nc(Nc2cccc(C)c2C)n1. The predicted molar refractivity (Wildman–Crippen MR) is 113 cm³/mol. The average molecular weight is 395 g/mol. The Morgan fingerprint density at radius 1 is 1.04 bits per heavy atom. The molecule has 0 fully saturated rings. The Labute approximate surface area is 170 Å². The first-order valence-corrected chi connectivity index (χ1v) is 9.52. The van der Waals surface area contributed by atoms with Gasteiger partial charge in [0.1, 0.15) is 5.69 Å². The quantitative estimate of drug-likeness (QED) is 0.631. The van der Waals surface area contributed by atoms with E-state index in [1.807, 2.05) is 50.2 Å². The first kappa shape index (κ1) is 19.8. The molecule has 1 amide bonds. The fourth-order valence-corrected chi connectivity index (χ4v) is 2.94. The number of anilines is 2. The van der Waals surface area contributed by atoms with Gasteiger partial charge < -0.3 is 10.6 Å². The number of aryl methyl sites for hydroxylation is 2. The topological polar surface area (TPSA) is 66.9 Å². The summed E-state index contributed by atoms with van der Waals surface area (Å²) in [5, 5.41) is 6.83. The fraction of sp³-hybridized carbons (Fsp3) is 0.227. The maximum absolute atomic E-state index is 12.5. The van der Waals surface area contributed by atoms with Gasteiger partial charge in [0.25, 0.3) is 5.91 Å². The lowest BCUT2D eigenvalue weighted by molar-refractivity contribution is 0.0949. The van der Waals surface area contributed by atoms with E-state index in [-0.39, 0.29) is 5.91 Å². The second-order valence-electron chi connectivity index (χ2n) is 6.72. The first-order valence-electron chi connectivity index (χ1n) is 9.14. The standard InChI is InChI=1S/C22H23ClN4O/c1-14-5-4-6-19(16(14)3)26-22-25-15(2)13-20(27-22)21(28)24-12-11-17-7-9-18(23)10-8-17/h4-10,13H,11-12H2,1-3H3,(H,24,28)(H,25,26,27). The number of halogens is 1. The lowest BCUT2D eigenvalue weighted by atomic mass is 10.1. The highest BCUT2D eigenvalue weighted by Gasteiger charge is 2.11. The smallest absolute Gasteiger partial charge is 0.270 e. The van der Waals surface area contributed by atoms with Crippen molar-refractivity contribution in [3.05, 3.63) is 81.6 Å². The molecule has 0 aliphatic carbocycles. The number of benzene rings is 2. The number of carbonyl (C=O) groups excluding carboxylic acids is 1. The van der Waals surface area contributed by atoms with Crippen molar-refractivity contribution >= 4 is 29.1 Å². The van der Waals surface area contributed by atoms with Crippen molar-refractivity contribution in [2.75, 3.05) is 11.9 Å². The molecule has 3 rings (SSSR count). The minimum absolute atomic E-state index is 0.219. The van der Waals surface area contributed by atoms with Crippen molar-refractivity contribution in [2.24, 2.45) is 0 Å². The minimum atomic E-state index is -0.219. The third kappa shape index (κ3) is 5.08. The number of nitrogens with one attached hydrogen (secondary N) is 2. The van der Waals surface area contributed by atoms with E-state index in [0.29, 0.717) is 23.2 Å². The zero-order valence-corrected chi connectivity index (χ0v) is 17.0. The van der Waals surface area contributed by atoms with E-state index >= 15 is 0 Å². The van der Waals surface area contributed by atoms with Crippen LogP contribution < -0.4 is 10.6 Å². The number of hydrogen-bond acceptors (Lipinski definition) is 4. The Kier molecular flexibility index (Phi) is 6.26. The highest BCUT2D eigenvalue weighted by Crippen LogP contribution is 2.21. The van der Waals surface area contributed by atoms with Crippen LogP contribution in [0, 0.1) is 20.8 Å². The van der Waals surface area contributed by atoms with Gasteiger partial charge in [0.2, 0.25) is 5.95 Å². The first-order chi connectivity index (χ1) is 13.4. The third-order valence-corrected chi connectivity index (χ3v) is 4.80. The van der Waals surface area contributed by atoms with Gasteiger partial charge in [-0.05, 0) is 68.1 Å². The van der Waals surface area contributed by atoms with Crippen LogP contribution in [0.5, 0.6) is 0 Å². The second kappa shape index (κ2) is 8.85. The maximum atomic E-state index is 12.5. The molecular weight excluding hydrogens is 372 g/mol. The Hall–Kier alpha value is -2.92. The van der Waals surface area contributed by atoms with Crippen LogP contribution in [0.25, 0.3) is 0 Å². The van der Waals surface area contributed by atoms with Crippen LogP contribution in [-0.4, -0.2) is 22.4 Å². The molecule has 0 aliphatic heterocycles. The monoisotopic (exact) mass is 394 g/mol. The molecule has 0 atom stereocenters. The molecule has 0 radical (unpaired) electrons. The summed E-state index contributed by atoms with van der Waals surface area (Å²) in [5.74, 6) is 0.194. The number of aromatic nitrogens is 2. The van der Waals surface area contributed by atoms with E-state index < -0.39 is 0 Å². The molecule has 0 spiro atoms. The Morgan fingerprint density at radius 2 is 1.79 bits per heavy atom. The van der Waals surface area contributed by atoms with Gasteiger partial charge in [0.15, 0.2) is 0 Å². The minimum Gasteiger partial charge on any atom is -0.350 e. The van der Waals surface area contributed by atoms with Gasteiger partial charge in [-0.3, -0.25) is 4.79 Å². The van der Waals surface area contributed by atoms with Crippen molar-refractivity contribution in [3.8, 4) is 0 Å². The zero-order chi connectivity index (χ0) is 20.1. The van der Waals surface area contributed by atoms with E-state index in [4.69, 9.17) is 11.6 Å². The van der Waals surface area contributed by atoms with Gasteiger partial charge in [-0.2, -0.15) is 0 Å². The number of hydrogen-bond donors (Lipinski definition) is 2. The number of amides is 1. The molecule has 1 aromatic heterocycles. The van der Waals surface area contributed by atoms with Crippen LogP contribution in [0.15, 0.2) is 48.5 Å². The summed E-state index contributed by atoms with van der Waals surface area (Å²) in [7, 11) is 0. The highest BCUT2D eigenvalue weighted by atomic mass is 35.5. The zero-order valence-electron chi connectivity index (χ0n) is 16.2. The van der Waals surface area contributed by atoms with Gasteiger partial charge in [0.05, 0.1) is 0 Å². The van der Waals surface area contributed by atoms with Crippen molar-refractivity contribution in [1.29, 1.82) is 0 Å². The third-order valence-electron chi connectivity index (χ3n) is 4.55. The van der Waals surface area contributed by atoms with E-state index in [1.54, 1.807) is 6.07 Å². The van der Waals surface area contributed by atoms with E-state index in [2.05, 4.69) is 33.6 Å². The van der Waals surface area contributed by atoms with Crippen LogP contribution in [0.3, 0.4) is 0 Å².